The maximum atomic E-state index is 2.48. The van der Waals surface area contributed by atoms with Crippen LogP contribution >= 0.6 is 11.8 Å². The average molecular weight is 579 g/mol. The van der Waals surface area contributed by atoms with Gasteiger partial charge in [0.15, 0.2) is 0 Å². The molecule has 0 aliphatic heterocycles. The first-order chi connectivity index (χ1) is 16.7. The van der Waals surface area contributed by atoms with Crippen molar-refractivity contribution in [1.29, 1.82) is 0 Å². The summed E-state index contributed by atoms with van der Waals surface area (Å²) in [6, 6.07) is 31.6. The Morgan fingerprint density at radius 1 is 0.618 bits per heavy atom. The first kappa shape index (κ1) is 27.4. The Bertz CT molecular complexity index is 916. The molecule has 2 heteroatoms. The zero-order chi connectivity index (χ0) is 24.1. The molecular weight excluding hydrogens is 535 g/mol. The van der Waals surface area contributed by atoms with E-state index in [-0.39, 0.29) is 0 Å². The van der Waals surface area contributed by atoms with Gasteiger partial charge in [-0.25, -0.2) is 0 Å². The van der Waals surface area contributed by atoms with Crippen LogP contribution in [-0.4, -0.2) is 18.4 Å². The summed E-state index contributed by atoms with van der Waals surface area (Å²) in [6.45, 7) is 7.14. The third-order valence-corrected chi connectivity index (χ3v) is 23.8. The molecule has 0 nitrogen and oxygen atoms in total. The minimum atomic E-state index is -2.30. The Morgan fingerprint density at radius 3 is 1.68 bits per heavy atom. The quantitative estimate of drug-likeness (QED) is 0.128. The van der Waals surface area contributed by atoms with Crippen molar-refractivity contribution in [3.8, 4) is 0 Å². The van der Waals surface area contributed by atoms with Crippen molar-refractivity contribution in [2.24, 2.45) is 0 Å². The molecule has 0 saturated heterocycles. The van der Waals surface area contributed by atoms with Crippen molar-refractivity contribution >= 4 is 30.1 Å². The fourth-order valence-corrected chi connectivity index (χ4v) is 22.8. The number of thioether (sulfide) groups is 1. The normalized spacial score (nSPS) is 12.6. The summed E-state index contributed by atoms with van der Waals surface area (Å²) in [5, 5.41) is 0.340. The number of benzene rings is 3. The summed E-state index contributed by atoms with van der Waals surface area (Å²) in [5.41, 5.74) is 4.62. The van der Waals surface area contributed by atoms with Gasteiger partial charge in [0.25, 0.3) is 0 Å². The van der Waals surface area contributed by atoms with Crippen LogP contribution in [0.3, 0.4) is 0 Å². The topological polar surface area (TPSA) is 0 Å². The summed E-state index contributed by atoms with van der Waals surface area (Å²) in [7, 11) is 0. The van der Waals surface area contributed by atoms with E-state index in [4.69, 9.17) is 0 Å². The van der Waals surface area contributed by atoms with Crippen molar-refractivity contribution in [2.45, 2.75) is 87.2 Å². The van der Waals surface area contributed by atoms with E-state index in [1.165, 1.54) is 53.4 Å². The Labute approximate surface area is 217 Å². The van der Waals surface area contributed by atoms with Gasteiger partial charge in [0.1, 0.15) is 0 Å². The second kappa shape index (κ2) is 15.0. The molecule has 1 unspecified atom stereocenters. The summed E-state index contributed by atoms with van der Waals surface area (Å²) in [6.07, 6.45) is 8.34. The van der Waals surface area contributed by atoms with Crippen LogP contribution in [0.1, 0.15) is 81.2 Å². The van der Waals surface area contributed by atoms with E-state index in [2.05, 4.69) is 106 Å². The van der Waals surface area contributed by atoms with Gasteiger partial charge in [0.05, 0.1) is 0 Å². The van der Waals surface area contributed by atoms with Crippen molar-refractivity contribution < 1.29 is 0 Å². The van der Waals surface area contributed by atoms with Gasteiger partial charge in [-0.3, -0.25) is 0 Å². The molecule has 3 rings (SSSR count). The fourth-order valence-electron chi connectivity index (χ4n) is 5.22. The summed E-state index contributed by atoms with van der Waals surface area (Å²) >= 11 is -0.292. The third kappa shape index (κ3) is 8.19. The van der Waals surface area contributed by atoms with Crippen molar-refractivity contribution in [3.63, 3.8) is 0 Å². The molecule has 0 saturated carbocycles. The van der Waals surface area contributed by atoms with Crippen LogP contribution < -0.4 is 0 Å². The van der Waals surface area contributed by atoms with Crippen LogP contribution in [-0.2, 0) is 4.44 Å². The van der Waals surface area contributed by atoms with Crippen molar-refractivity contribution in [3.05, 3.63) is 102 Å². The zero-order valence-corrected chi connectivity index (χ0v) is 25.3. The Morgan fingerprint density at radius 2 is 1.12 bits per heavy atom. The van der Waals surface area contributed by atoms with E-state index in [1.54, 1.807) is 24.4 Å². The van der Waals surface area contributed by atoms with Gasteiger partial charge >= 0.3 is 219 Å². The molecular formula is C32H44SSn. The molecule has 3 aromatic rings. The number of unbranched alkanes of at least 4 members (excludes halogenated alkanes) is 3. The molecule has 3 aromatic carbocycles. The summed E-state index contributed by atoms with van der Waals surface area (Å²) in [5.74, 6) is 0. The standard InChI is InChI=1S/C20H17S.3C4H9.Sn/c1-16-10-8-9-15-19(16)20(17-11-4-2-5-12-17)21-18-13-6-3-7-14-18;3*1-3-4-2;/h2-15,20H,1H2;3*1,3-4H2,2H3;. The minimum absolute atomic E-state index is 0.340. The predicted octanol–water partition coefficient (Wildman–Crippen LogP) is 10.5. The fraction of sp³-hybridized carbons (Fsp3) is 0.438. The van der Waals surface area contributed by atoms with E-state index in [9.17, 15) is 0 Å². The van der Waals surface area contributed by atoms with E-state index < -0.39 is 18.4 Å². The van der Waals surface area contributed by atoms with Gasteiger partial charge in [-0.1, -0.05) is 0 Å². The van der Waals surface area contributed by atoms with E-state index in [0.717, 1.165) is 0 Å². The van der Waals surface area contributed by atoms with Gasteiger partial charge in [-0.15, -0.1) is 0 Å². The van der Waals surface area contributed by atoms with E-state index in [0.29, 0.717) is 5.25 Å². The second-order valence-electron chi connectivity index (χ2n) is 9.91. The molecule has 0 N–H and O–H groups in total. The second-order valence-corrected chi connectivity index (χ2v) is 24.9. The van der Waals surface area contributed by atoms with E-state index in [1.807, 2.05) is 11.8 Å². The van der Waals surface area contributed by atoms with Crippen LogP contribution in [0.4, 0.5) is 0 Å². The first-order valence-corrected chi connectivity index (χ1v) is 22.5. The summed E-state index contributed by atoms with van der Waals surface area (Å²) < 4.78 is 6.13. The predicted molar refractivity (Wildman–Crippen MR) is 156 cm³/mol. The van der Waals surface area contributed by atoms with Gasteiger partial charge in [0.2, 0.25) is 0 Å². The molecule has 1 atom stereocenters. The molecule has 0 aliphatic rings. The first-order valence-electron chi connectivity index (χ1n) is 13.6. The Hall–Kier alpha value is -1.19. The van der Waals surface area contributed by atoms with Crippen molar-refractivity contribution in [2.75, 3.05) is 0 Å². The number of rotatable bonds is 15. The van der Waals surface area contributed by atoms with Crippen LogP contribution in [0.5, 0.6) is 0 Å². The van der Waals surface area contributed by atoms with Crippen LogP contribution in [0.2, 0.25) is 13.3 Å². The van der Waals surface area contributed by atoms with Crippen LogP contribution in [0, 0.1) is 0 Å². The molecule has 0 heterocycles. The zero-order valence-electron chi connectivity index (χ0n) is 21.6. The third-order valence-electron chi connectivity index (χ3n) is 7.18. The molecule has 0 spiro atoms. The molecule has 0 aromatic heterocycles. The molecule has 34 heavy (non-hydrogen) atoms. The molecule has 0 aliphatic carbocycles. The van der Waals surface area contributed by atoms with E-state index >= 15 is 0 Å². The monoisotopic (exact) mass is 580 g/mol. The molecule has 182 valence electrons. The summed E-state index contributed by atoms with van der Waals surface area (Å²) in [4.78, 5) is 1.35. The maximum absolute atomic E-state index is 2.48. The van der Waals surface area contributed by atoms with Gasteiger partial charge in [-0.2, -0.15) is 0 Å². The van der Waals surface area contributed by atoms with Crippen molar-refractivity contribution in [1.82, 2.24) is 0 Å². The van der Waals surface area contributed by atoms with Crippen LogP contribution in [0.15, 0.2) is 89.8 Å². The average Bonchev–Trinajstić information content (AvgIpc) is 2.89. The SMILES string of the molecule is CCC[CH2][Sn]([CH2]CCC)([CH2]CCC)[CH2]c1ccccc1C(Sc1ccccc1)c1ccccc1. The number of hydrogen-bond donors (Lipinski definition) is 0. The van der Waals surface area contributed by atoms with Gasteiger partial charge < -0.3 is 0 Å². The van der Waals surface area contributed by atoms with Crippen LogP contribution in [0.25, 0.3) is 0 Å². The molecule has 0 radical (unpaired) electrons. The van der Waals surface area contributed by atoms with Gasteiger partial charge in [0, 0.05) is 0 Å². The Balaban J connectivity index is 2.01. The number of hydrogen-bond acceptors (Lipinski definition) is 1. The molecule has 0 fully saturated rings. The molecule has 0 bridgehead atoms. The molecule has 0 amide bonds. The Kier molecular flexibility index (Phi) is 12.1. The van der Waals surface area contributed by atoms with Gasteiger partial charge in [-0.05, 0) is 0 Å².